The molecule has 0 bridgehead atoms. The van der Waals surface area contributed by atoms with Crippen molar-refractivity contribution in [2.75, 3.05) is 39.8 Å². The molecule has 0 atom stereocenters. The molecule has 0 aromatic heterocycles. The Kier molecular flexibility index (Phi) is 12.2. The van der Waals surface area contributed by atoms with Gasteiger partial charge in [-0.2, -0.15) is 13.2 Å². The summed E-state index contributed by atoms with van der Waals surface area (Å²) in [6.07, 6.45) is -3.45. The Morgan fingerprint density at radius 3 is 2.52 bits per heavy atom. The second-order valence-electron chi connectivity index (χ2n) is 5.38. The van der Waals surface area contributed by atoms with E-state index in [0.29, 0.717) is 19.0 Å². The predicted molar refractivity (Wildman–Crippen MR) is 108 cm³/mol. The maximum Gasteiger partial charge on any atom is 0.401 e. The van der Waals surface area contributed by atoms with Crippen molar-refractivity contribution in [3.05, 3.63) is 34.9 Å². The molecule has 0 unspecified atom stereocenters. The minimum absolute atomic E-state index is 0. The standard InChI is InChI=1S/C16H24ClF3N4.HI/c1-3-21-15(23-10-11-24(2)12-16(18,19)20)22-9-8-13-6-4-5-7-14(13)17;/h4-7H,3,8-12H2,1-2H3,(H2,21,22,23);1H. The van der Waals surface area contributed by atoms with E-state index < -0.39 is 12.7 Å². The third kappa shape index (κ3) is 11.5. The maximum atomic E-state index is 12.3. The van der Waals surface area contributed by atoms with Crippen molar-refractivity contribution in [2.24, 2.45) is 4.99 Å². The Morgan fingerprint density at radius 1 is 1.24 bits per heavy atom. The molecule has 9 heteroatoms. The molecule has 1 rings (SSSR count). The van der Waals surface area contributed by atoms with Crippen molar-refractivity contribution in [3.63, 3.8) is 0 Å². The summed E-state index contributed by atoms with van der Waals surface area (Å²) in [5.41, 5.74) is 1.03. The van der Waals surface area contributed by atoms with Gasteiger partial charge < -0.3 is 10.6 Å². The summed E-state index contributed by atoms with van der Waals surface area (Å²) >= 11 is 6.10. The minimum atomic E-state index is -4.18. The van der Waals surface area contributed by atoms with Crippen LogP contribution in [0.5, 0.6) is 0 Å². The van der Waals surface area contributed by atoms with E-state index in [1.54, 1.807) is 0 Å². The first kappa shape index (κ1) is 24.3. The van der Waals surface area contributed by atoms with Crippen LogP contribution in [0.1, 0.15) is 12.5 Å². The van der Waals surface area contributed by atoms with Crippen LogP contribution in [0, 0.1) is 0 Å². The van der Waals surface area contributed by atoms with Crippen LogP contribution in [-0.4, -0.2) is 56.8 Å². The van der Waals surface area contributed by atoms with Gasteiger partial charge in [-0.3, -0.25) is 9.89 Å². The molecule has 0 aliphatic heterocycles. The third-order valence-electron chi connectivity index (χ3n) is 3.19. The van der Waals surface area contributed by atoms with Crippen LogP contribution >= 0.6 is 35.6 Å². The highest BCUT2D eigenvalue weighted by molar-refractivity contribution is 14.0. The summed E-state index contributed by atoms with van der Waals surface area (Å²) in [5.74, 6) is 0.588. The zero-order valence-electron chi connectivity index (χ0n) is 14.4. The highest BCUT2D eigenvalue weighted by Gasteiger charge is 2.28. The Labute approximate surface area is 169 Å². The molecular formula is C16H25ClF3IN4. The molecule has 0 amide bonds. The Balaban J connectivity index is 0.00000576. The molecule has 144 valence electrons. The SMILES string of the molecule is CCNC(=NCCN(C)CC(F)(F)F)NCCc1ccccc1Cl.I. The number of likely N-dealkylation sites (N-methyl/N-ethyl adjacent to an activating group) is 1. The summed E-state index contributed by atoms with van der Waals surface area (Å²) in [6.45, 7) is 2.83. The van der Waals surface area contributed by atoms with Crippen LogP contribution in [0.25, 0.3) is 0 Å². The number of rotatable bonds is 8. The second kappa shape index (κ2) is 12.6. The zero-order chi connectivity index (χ0) is 18.0. The number of alkyl halides is 3. The van der Waals surface area contributed by atoms with Crippen molar-refractivity contribution in [2.45, 2.75) is 19.5 Å². The summed E-state index contributed by atoms with van der Waals surface area (Å²) in [7, 11) is 1.43. The van der Waals surface area contributed by atoms with Crippen LogP contribution in [0.15, 0.2) is 29.3 Å². The molecule has 0 aliphatic rings. The molecule has 0 radical (unpaired) electrons. The summed E-state index contributed by atoms with van der Waals surface area (Å²) < 4.78 is 36.8. The van der Waals surface area contributed by atoms with Crippen LogP contribution < -0.4 is 10.6 Å². The molecule has 25 heavy (non-hydrogen) atoms. The van der Waals surface area contributed by atoms with Gasteiger partial charge in [-0.15, -0.1) is 24.0 Å². The van der Waals surface area contributed by atoms with E-state index >= 15 is 0 Å². The van der Waals surface area contributed by atoms with Gasteiger partial charge in [0.1, 0.15) is 0 Å². The lowest BCUT2D eigenvalue weighted by atomic mass is 10.1. The number of guanidine groups is 1. The first-order valence-corrected chi connectivity index (χ1v) is 8.20. The number of benzene rings is 1. The molecule has 1 aromatic rings. The first-order valence-electron chi connectivity index (χ1n) is 7.82. The average molecular weight is 493 g/mol. The largest absolute Gasteiger partial charge is 0.401 e. The number of hydrogen-bond acceptors (Lipinski definition) is 2. The second-order valence-corrected chi connectivity index (χ2v) is 5.79. The summed E-state index contributed by atoms with van der Waals surface area (Å²) in [6, 6.07) is 7.60. The number of nitrogens with one attached hydrogen (secondary N) is 2. The molecule has 0 aliphatic carbocycles. The molecular weight excluding hydrogens is 468 g/mol. The van der Waals surface area contributed by atoms with E-state index in [9.17, 15) is 13.2 Å². The monoisotopic (exact) mass is 492 g/mol. The van der Waals surface area contributed by atoms with E-state index in [2.05, 4.69) is 15.6 Å². The molecule has 0 saturated carbocycles. The van der Waals surface area contributed by atoms with Gasteiger partial charge >= 0.3 is 6.18 Å². The van der Waals surface area contributed by atoms with E-state index in [0.717, 1.165) is 17.0 Å². The van der Waals surface area contributed by atoms with Crippen molar-refractivity contribution < 1.29 is 13.2 Å². The smallest absolute Gasteiger partial charge is 0.357 e. The average Bonchev–Trinajstić information content (AvgIpc) is 2.47. The highest BCUT2D eigenvalue weighted by Crippen LogP contribution is 2.15. The molecule has 1 aromatic carbocycles. The maximum absolute atomic E-state index is 12.3. The fourth-order valence-electron chi connectivity index (χ4n) is 2.08. The van der Waals surface area contributed by atoms with E-state index in [1.807, 2.05) is 31.2 Å². The van der Waals surface area contributed by atoms with Crippen molar-refractivity contribution in [1.82, 2.24) is 15.5 Å². The summed E-state index contributed by atoms with van der Waals surface area (Å²) in [4.78, 5) is 5.49. The third-order valence-corrected chi connectivity index (χ3v) is 3.56. The fraction of sp³-hybridized carbons (Fsp3) is 0.562. The lowest BCUT2D eigenvalue weighted by Gasteiger charge is -2.18. The van der Waals surface area contributed by atoms with Crippen LogP contribution in [0.4, 0.5) is 13.2 Å². The van der Waals surface area contributed by atoms with Crippen molar-refractivity contribution in [1.29, 1.82) is 0 Å². The topological polar surface area (TPSA) is 39.7 Å². The number of aliphatic imine (C=N–C) groups is 1. The predicted octanol–water partition coefficient (Wildman–Crippen LogP) is 3.55. The Bertz CT molecular complexity index is 526. The number of hydrogen-bond donors (Lipinski definition) is 2. The normalized spacial score (nSPS) is 12.0. The fourth-order valence-corrected chi connectivity index (χ4v) is 2.31. The lowest BCUT2D eigenvalue weighted by Crippen LogP contribution is -2.39. The Hall–Kier alpha value is -0.740. The van der Waals surface area contributed by atoms with Gasteiger partial charge in [-0.1, -0.05) is 29.8 Å². The van der Waals surface area contributed by atoms with Crippen LogP contribution in [0.2, 0.25) is 5.02 Å². The quantitative estimate of drug-likeness (QED) is 0.331. The number of halogens is 5. The van der Waals surface area contributed by atoms with Gasteiger partial charge in [0.15, 0.2) is 5.96 Å². The van der Waals surface area contributed by atoms with Gasteiger partial charge in [0, 0.05) is 24.7 Å². The highest BCUT2D eigenvalue weighted by atomic mass is 127. The van der Waals surface area contributed by atoms with Crippen molar-refractivity contribution >= 4 is 41.5 Å². The van der Waals surface area contributed by atoms with E-state index in [1.165, 1.54) is 11.9 Å². The van der Waals surface area contributed by atoms with E-state index in [-0.39, 0.29) is 37.1 Å². The molecule has 4 nitrogen and oxygen atoms in total. The molecule has 0 saturated heterocycles. The van der Waals surface area contributed by atoms with E-state index in [4.69, 9.17) is 11.6 Å². The molecule has 0 spiro atoms. The first-order chi connectivity index (χ1) is 11.3. The number of nitrogens with zero attached hydrogens (tertiary/aromatic N) is 2. The molecule has 2 N–H and O–H groups in total. The van der Waals surface area contributed by atoms with Gasteiger partial charge in [0.25, 0.3) is 0 Å². The molecule has 0 heterocycles. The molecule has 0 fully saturated rings. The van der Waals surface area contributed by atoms with Crippen LogP contribution in [-0.2, 0) is 6.42 Å². The van der Waals surface area contributed by atoms with Gasteiger partial charge in [0.2, 0.25) is 0 Å². The minimum Gasteiger partial charge on any atom is -0.357 e. The Morgan fingerprint density at radius 2 is 1.92 bits per heavy atom. The van der Waals surface area contributed by atoms with Crippen LogP contribution in [0.3, 0.4) is 0 Å². The van der Waals surface area contributed by atoms with Crippen molar-refractivity contribution in [3.8, 4) is 0 Å². The summed E-state index contributed by atoms with van der Waals surface area (Å²) in [5, 5.41) is 6.95. The zero-order valence-corrected chi connectivity index (χ0v) is 17.5. The lowest BCUT2D eigenvalue weighted by molar-refractivity contribution is -0.142. The van der Waals surface area contributed by atoms with Gasteiger partial charge in [-0.25, -0.2) is 0 Å². The van der Waals surface area contributed by atoms with Gasteiger partial charge in [0.05, 0.1) is 13.1 Å². The van der Waals surface area contributed by atoms with Gasteiger partial charge in [-0.05, 0) is 32.0 Å².